The minimum Gasteiger partial charge on any atom is -0.464 e. The van der Waals surface area contributed by atoms with E-state index in [2.05, 4.69) is 13.8 Å². The van der Waals surface area contributed by atoms with Gasteiger partial charge in [-0.1, -0.05) is 63.4 Å². The number of ether oxygens (including phenoxy) is 2. The summed E-state index contributed by atoms with van der Waals surface area (Å²) in [6.07, 6.45) is 4.54. The Bertz CT molecular complexity index is 778. The minimum atomic E-state index is -1.02. The number of nitrogens with zero attached hydrogens (tertiary/aromatic N) is 2. The first kappa shape index (κ1) is 24.6. The highest BCUT2D eigenvalue weighted by Gasteiger charge is 2.43. The molecule has 1 aromatic carbocycles. The second kappa shape index (κ2) is 12.2. The molecule has 1 fully saturated rings. The number of hydrogen-bond acceptors (Lipinski definition) is 6. The number of hydroxylamine groups is 2. The van der Waals surface area contributed by atoms with E-state index in [4.69, 9.17) is 14.3 Å². The number of urea groups is 1. The second-order valence-electron chi connectivity index (χ2n) is 7.75. The topological polar surface area (TPSA) is 85.4 Å². The third-order valence-electron chi connectivity index (χ3n) is 4.95. The lowest BCUT2D eigenvalue weighted by atomic mass is 10.1. The Kier molecular flexibility index (Phi) is 9.68. The molecule has 1 aliphatic rings. The van der Waals surface area contributed by atoms with Gasteiger partial charge in [0.05, 0.1) is 20.3 Å². The van der Waals surface area contributed by atoms with E-state index in [1.165, 1.54) is 19.1 Å². The Morgan fingerprint density at radius 2 is 1.77 bits per heavy atom. The molecule has 0 radical (unpaired) electrons. The molecule has 1 saturated heterocycles. The van der Waals surface area contributed by atoms with Crippen molar-refractivity contribution < 1.29 is 28.7 Å². The highest BCUT2D eigenvalue weighted by Crippen LogP contribution is 2.24. The maximum absolute atomic E-state index is 12.7. The van der Waals surface area contributed by atoms with Crippen LogP contribution in [0, 0.1) is 5.92 Å². The number of carbonyl (C=O) groups excluding carboxylic acids is 3. The fourth-order valence-corrected chi connectivity index (χ4v) is 3.21. The van der Waals surface area contributed by atoms with Crippen LogP contribution in [-0.4, -0.2) is 61.3 Å². The number of imide groups is 1. The van der Waals surface area contributed by atoms with Crippen LogP contribution in [0.4, 0.5) is 4.79 Å². The molecule has 31 heavy (non-hydrogen) atoms. The van der Waals surface area contributed by atoms with Crippen LogP contribution in [-0.2, 0) is 23.9 Å². The Hall–Kier alpha value is -2.71. The third kappa shape index (κ3) is 6.90. The molecule has 0 N–H and O–H groups in total. The van der Waals surface area contributed by atoms with Crippen LogP contribution >= 0.6 is 0 Å². The number of rotatable bonds is 12. The van der Waals surface area contributed by atoms with Crippen molar-refractivity contribution >= 4 is 24.0 Å². The van der Waals surface area contributed by atoms with Gasteiger partial charge in [0, 0.05) is 7.11 Å². The summed E-state index contributed by atoms with van der Waals surface area (Å²) in [6, 6.07) is 8.42. The monoisotopic (exact) mass is 432 g/mol. The fourth-order valence-electron chi connectivity index (χ4n) is 3.21. The van der Waals surface area contributed by atoms with Crippen LogP contribution in [0.15, 0.2) is 36.0 Å². The summed E-state index contributed by atoms with van der Waals surface area (Å²) in [7, 11) is 2.60. The molecule has 0 bridgehead atoms. The van der Waals surface area contributed by atoms with Crippen LogP contribution in [0.3, 0.4) is 0 Å². The molecule has 2 rings (SSSR count). The van der Waals surface area contributed by atoms with Gasteiger partial charge in [-0.2, -0.15) is 0 Å². The standard InChI is InChI=1S/C23H32N2O6/c1-17(2)11-7-6-10-14-31-22(27)20(29-3)16-24-19(15-18-12-8-5-9-13-18)21(26)25(30-4)23(24)28/h5,8-9,12-13,15,17,20H,6-7,10-11,14,16H2,1-4H3. The van der Waals surface area contributed by atoms with E-state index in [1.54, 1.807) is 18.2 Å². The Morgan fingerprint density at radius 3 is 2.39 bits per heavy atom. The van der Waals surface area contributed by atoms with Gasteiger partial charge in [0.25, 0.3) is 0 Å². The highest BCUT2D eigenvalue weighted by atomic mass is 16.7. The molecular weight excluding hydrogens is 400 g/mol. The van der Waals surface area contributed by atoms with E-state index in [1.807, 2.05) is 18.2 Å². The first-order valence-electron chi connectivity index (χ1n) is 10.5. The molecule has 3 amide bonds. The largest absolute Gasteiger partial charge is 0.464 e. The van der Waals surface area contributed by atoms with E-state index in [9.17, 15) is 14.4 Å². The second-order valence-corrected chi connectivity index (χ2v) is 7.75. The summed E-state index contributed by atoms with van der Waals surface area (Å²) in [5, 5.41) is 0.654. The first-order valence-corrected chi connectivity index (χ1v) is 10.5. The summed E-state index contributed by atoms with van der Waals surface area (Å²) in [5.74, 6) is -0.516. The van der Waals surface area contributed by atoms with E-state index in [0.717, 1.165) is 31.2 Å². The highest BCUT2D eigenvalue weighted by molar-refractivity contribution is 6.13. The molecule has 8 nitrogen and oxygen atoms in total. The molecule has 1 atom stereocenters. The quantitative estimate of drug-likeness (QED) is 0.217. The van der Waals surface area contributed by atoms with Crippen molar-refractivity contribution in [2.24, 2.45) is 5.92 Å². The number of hydrogen-bond donors (Lipinski definition) is 0. The van der Waals surface area contributed by atoms with Crippen LogP contribution in [0.5, 0.6) is 0 Å². The molecule has 0 saturated carbocycles. The molecule has 1 aromatic rings. The average Bonchev–Trinajstić information content (AvgIpc) is 2.97. The predicted molar refractivity (Wildman–Crippen MR) is 115 cm³/mol. The average molecular weight is 433 g/mol. The van der Waals surface area contributed by atoms with Crippen LogP contribution < -0.4 is 0 Å². The van der Waals surface area contributed by atoms with Crippen LogP contribution in [0.25, 0.3) is 6.08 Å². The molecule has 1 heterocycles. The first-order chi connectivity index (χ1) is 14.9. The van der Waals surface area contributed by atoms with E-state index in [-0.39, 0.29) is 12.2 Å². The number of unbranched alkanes of at least 4 members (excludes halogenated alkanes) is 2. The van der Waals surface area contributed by atoms with Crippen molar-refractivity contribution in [3.8, 4) is 0 Å². The van der Waals surface area contributed by atoms with Gasteiger partial charge in [0.1, 0.15) is 5.70 Å². The molecule has 8 heteroatoms. The van der Waals surface area contributed by atoms with Crippen LogP contribution in [0.1, 0.15) is 45.1 Å². The molecule has 0 spiro atoms. The van der Waals surface area contributed by atoms with E-state index < -0.39 is 24.0 Å². The number of esters is 1. The predicted octanol–water partition coefficient (Wildman–Crippen LogP) is 3.63. The molecule has 1 aliphatic heterocycles. The fraction of sp³-hybridized carbons (Fsp3) is 0.522. The van der Waals surface area contributed by atoms with Gasteiger partial charge in [0.2, 0.25) is 0 Å². The Morgan fingerprint density at radius 1 is 1.06 bits per heavy atom. The maximum Gasteiger partial charge on any atom is 0.356 e. The maximum atomic E-state index is 12.7. The Labute approximate surface area is 183 Å². The number of carbonyl (C=O) groups is 3. The summed E-state index contributed by atoms with van der Waals surface area (Å²) >= 11 is 0. The van der Waals surface area contributed by atoms with Crippen molar-refractivity contribution in [1.82, 2.24) is 9.96 Å². The van der Waals surface area contributed by atoms with Gasteiger partial charge in [-0.3, -0.25) is 14.5 Å². The summed E-state index contributed by atoms with van der Waals surface area (Å²) in [5.41, 5.74) is 0.834. The third-order valence-corrected chi connectivity index (χ3v) is 4.95. The lowest BCUT2D eigenvalue weighted by Crippen LogP contribution is -2.41. The van der Waals surface area contributed by atoms with Crippen molar-refractivity contribution in [1.29, 1.82) is 0 Å². The zero-order valence-corrected chi connectivity index (χ0v) is 18.7. The Balaban J connectivity index is 2.03. The lowest BCUT2D eigenvalue weighted by Gasteiger charge is -2.21. The van der Waals surface area contributed by atoms with Crippen molar-refractivity contribution in [2.75, 3.05) is 27.4 Å². The van der Waals surface area contributed by atoms with Gasteiger partial charge in [0.15, 0.2) is 6.10 Å². The number of benzene rings is 1. The molecule has 1 unspecified atom stereocenters. The number of amides is 3. The van der Waals surface area contributed by atoms with Crippen molar-refractivity contribution in [3.63, 3.8) is 0 Å². The summed E-state index contributed by atoms with van der Waals surface area (Å²) in [4.78, 5) is 43.9. The zero-order valence-electron chi connectivity index (χ0n) is 18.7. The van der Waals surface area contributed by atoms with Gasteiger partial charge in [-0.05, 0) is 24.0 Å². The molecule has 0 aliphatic carbocycles. The summed E-state index contributed by atoms with van der Waals surface area (Å²) < 4.78 is 10.6. The molecule has 170 valence electrons. The van der Waals surface area contributed by atoms with Gasteiger partial charge < -0.3 is 9.47 Å². The minimum absolute atomic E-state index is 0.0987. The van der Waals surface area contributed by atoms with Crippen molar-refractivity contribution in [2.45, 2.75) is 45.6 Å². The van der Waals surface area contributed by atoms with Gasteiger partial charge >= 0.3 is 17.9 Å². The lowest BCUT2D eigenvalue weighted by molar-refractivity contribution is -0.156. The van der Waals surface area contributed by atoms with Gasteiger partial charge in [-0.25, -0.2) is 9.59 Å². The van der Waals surface area contributed by atoms with Crippen molar-refractivity contribution in [3.05, 3.63) is 41.6 Å². The SMILES string of the molecule is COC(CN1C(=O)N(OC)C(=O)C1=Cc1ccccc1)C(=O)OCCCCCC(C)C. The number of methoxy groups -OCH3 is 1. The van der Waals surface area contributed by atoms with Crippen LogP contribution in [0.2, 0.25) is 0 Å². The zero-order chi connectivity index (χ0) is 22.8. The van der Waals surface area contributed by atoms with E-state index in [0.29, 0.717) is 17.6 Å². The smallest absolute Gasteiger partial charge is 0.356 e. The molecule has 0 aromatic heterocycles. The van der Waals surface area contributed by atoms with Gasteiger partial charge in [-0.15, -0.1) is 5.06 Å². The van der Waals surface area contributed by atoms with E-state index >= 15 is 0 Å². The summed E-state index contributed by atoms with van der Waals surface area (Å²) in [6.45, 7) is 4.49. The molecular formula is C23H32N2O6. The normalized spacial score (nSPS) is 16.5.